The molecule has 0 aliphatic carbocycles. The zero-order chi connectivity index (χ0) is 45.1. The summed E-state index contributed by atoms with van der Waals surface area (Å²) >= 11 is 0.915. The molecule has 3 aliphatic heterocycles. The Bertz CT molecular complexity index is 2160. The number of oxime groups is 1. The van der Waals surface area contributed by atoms with Crippen LogP contribution in [0.1, 0.15) is 97.9 Å². The number of nitrogens with two attached hydrogens (primary N) is 1. The second kappa shape index (κ2) is 18.1. The number of nitrogens with one attached hydrogen (secondary N) is 4. The Kier molecular flexibility index (Phi) is 13.9. The summed E-state index contributed by atoms with van der Waals surface area (Å²) in [6.45, 7) is 16.8. The van der Waals surface area contributed by atoms with E-state index in [0.29, 0.717) is 36.9 Å². The van der Waals surface area contributed by atoms with E-state index in [1.807, 2.05) is 12.1 Å². The third-order valence-corrected chi connectivity index (χ3v) is 10.7. The number of ether oxygens (including phenoxy) is 3. The number of amides is 3. The average molecular weight is 894 g/mol. The molecule has 3 amide bonds. The molecule has 2 aromatic rings. The molecular formula is C38H55N9O12S2. The Hall–Kier alpha value is -5.10. The van der Waals surface area contributed by atoms with Crippen LogP contribution in [0.15, 0.2) is 33.7 Å². The first-order valence-electron chi connectivity index (χ1n) is 19.6. The fourth-order valence-corrected chi connectivity index (χ4v) is 7.58. The lowest BCUT2D eigenvalue weighted by molar-refractivity contribution is -0.218. The fraction of sp³-hybridized carbons (Fsp3) is 0.605. The summed E-state index contributed by atoms with van der Waals surface area (Å²) in [5, 5.41) is 17.5. The van der Waals surface area contributed by atoms with Crippen molar-refractivity contribution in [3.63, 3.8) is 0 Å². The molecule has 0 radical (unpaired) electrons. The molecule has 1 aromatic heterocycles. The Balaban J connectivity index is 1.43. The number of guanidine groups is 1. The van der Waals surface area contributed by atoms with Gasteiger partial charge in [0.25, 0.3) is 17.4 Å². The van der Waals surface area contributed by atoms with E-state index in [1.165, 1.54) is 26.2 Å². The number of nitrogens with zero attached hydrogens (tertiary/aromatic N) is 4. The van der Waals surface area contributed by atoms with Crippen molar-refractivity contribution in [3.05, 3.63) is 40.4 Å². The number of aryl methyl sites for hydroxylation is 1. The van der Waals surface area contributed by atoms with Gasteiger partial charge in [0, 0.05) is 24.4 Å². The summed E-state index contributed by atoms with van der Waals surface area (Å²) in [4.78, 5) is 68.7. The van der Waals surface area contributed by atoms with Crippen LogP contribution in [0.4, 0.5) is 9.93 Å². The van der Waals surface area contributed by atoms with Gasteiger partial charge in [0.05, 0.1) is 12.1 Å². The van der Waals surface area contributed by atoms with Crippen LogP contribution in [0.5, 0.6) is 5.75 Å². The molecule has 336 valence electrons. The lowest BCUT2D eigenvalue weighted by Gasteiger charge is -2.50. The third kappa shape index (κ3) is 11.8. The van der Waals surface area contributed by atoms with Gasteiger partial charge in [-0.25, -0.2) is 14.6 Å². The van der Waals surface area contributed by atoms with E-state index in [0.717, 1.165) is 41.4 Å². The maximum Gasteiger partial charge on any atom is 0.418 e. The molecule has 4 heterocycles. The molecular weight excluding hydrogens is 839 g/mol. The Labute approximate surface area is 358 Å². The number of hydrogen-bond donors (Lipinski definition) is 6. The van der Waals surface area contributed by atoms with Gasteiger partial charge in [-0.3, -0.25) is 24.5 Å². The fourth-order valence-electron chi connectivity index (χ4n) is 6.44. The largest absolute Gasteiger partial charge is 0.485 e. The van der Waals surface area contributed by atoms with Gasteiger partial charge in [0.1, 0.15) is 28.7 Å². The first kappa shape index (κ1) is 47.0. The van der Waals surface area contributed by atoms with Crippen molar-refractivity contribution in [2.24, 2.45) is 15.9 Å². The van der Waals surface area contributed by atoms with Crippen molar-refractivity contribution in [2.45, 2.75) is 122 Å². The molecule has 21 nitrogen and oxygen atoms in total. The highest BCUT2D eigenvalue weighted by molar-refractivity contribution is 7.80. The molecule has 2 unspecified atom stereocenters. The lowest BCUT2D eigenvalue weighted by Crippen LogP contribution is -2.76. The minimum atomic E-state index is -5.08. The predicted octanol–water partition coefficient (Wildman–Crippen LogP) is 2.53. The van der Waals surface area contributed by atoms with E-state index in [1.54, 1.807) is 41.5 Å². The number of carbonyl (C=O) groups is 4. The summed E-state index contributed by atoms with van der Waals surface area (Å²) in [7, 11) is -5.08. The van der Waals surface area contributed by atoms with Crippen molar-refractivity contribution in [3.8, 4) is 5.75 Å². The normalized spacial score (nSPS) is 21.3. The molecule has 0 spiro atoms. The second-order valence-corrected chi connectivity index (χ2v) is 19.2. The van der Waals surface area contributed by atoms with Crippen LogP contribution in [-0.2, 0) is 49.8 Å². The number of fused-ring (bicyclic) bond motifs is 1. The number of thiazole rings is 1. The molecule has 0 bridgehead atoms. The number of benzene rings is 1. The van der Waals surface area contributed by atoms with Gasteiger partial charge in [0.15, 0.2) is 22.9 Å². The SMILES string of the molecule is CC(C)(C)OC(=O)Nc1nc(/C(=N/OC(C)(C(=O)OC(C)(C)C)[C@H]2CCc3cc(C4CN=C(NCCCN)NC4)ccc3O2)C(=O)N[C@@H]2C(=O)N(OS(=O)(=O)O)C2(C)C)cs1. The zero-order valence-electron chi connectivity index (χ0n) is 35.6. The number of β-lactam (4-membered cyclic amide) rings is 1. The quantitative estimate of drug-likeness (QED) is 0.0397. The van der Waals surface area contributed by atoms with Crippen LogP contribution >= 0.6 is 11.3 Å². The number of rotatable bonds is 14. The van der Waals surface area contributed by atoms with Crippen molar-refractivity contribution in [2.75, 3.05) is 31.5 Å². The van der Waals surface area contributed by atoms with Gasteiger partial charge in [-0.15, -0.1) is 15.6 Å². The molecule has 1 fully saturated rings. The average Bonchev–Trinajstić information content (AvgIpc) is 3.61. The molecule has 5 rings (SSSR count). The highest BCUT2D eigenvalue weighted by Crippen LogP contribution is 2.37. The summed E-state index contributed by atoms with van der Waals surface area (Å²) < 4.78 is 54.0. The van der Waals surface area contributed by atoms with Crippen molar-refractivity contribution in [1.82, 2.24) is 26.0 Å². The van der Waals surface area contributed by atoms with E-state index in [2.05, 4.69) is 46.7 Å². The van der Waals surface area contributed by atoms with Crippen LogP contribution in [0.2, 0.25) is 0 Å². The first-order valence-corrected chi connectivity index (χ1v) is 21.8. The van der Waals surface area contributed by atoms with Crippen LogP contribution in [0, 0.1) is 0 Å². The standard InChI is InChI=1S/C38H55N9O12S2/c1-35(2,3)56-31(50)38(9,26-14-12-22-17-21(11-13-25(22)55-26)23-18-41-32(42-19-23)40-16-10-15-39)58-46-27(24-20-60-33(43-24)45-34(51)57-36(4,5)6)29(48)44-28-30(49)47(37(28,7)8)59-61(52,53)54/h11,13,17,20,23,26,28H,10,12,14-16,18-19,39H2,1-9H3,(H,44,48)(H2,40,41,42)(H,43,45,51)(H,52,53,54)/b46-27-/t26-,28-,38?/m1/s1. The molecule has 23 heteroatoms. The van der Waals surface area contributed by atoms with Gasteiger partial charge in [-0.2, -0.15) is 13.5 Å². The zero-order valence-corrected chi connectivity index (χ0v) is 37.2. The third-order valence-electron chi connectivity index (χ3n) is 9.60. The number of hydrogen-bond acceptors (Lipinski definition) is 18. The Morgan fingerprint density at radius 2 is 1.84 bits per heavy atom. The smallest absolute Gasteiger partial charge is 0.418 e. The Morgan fingerprint density at radius 1 is 1.13 bits per heavy atom. The van der Waals surface area contributed by atoms with Crippen LogP contribution in [0.3, 0.4) is 0 Å². The van der Waals surface area contributed by atoms with Gasteiger partial charge in [-0.05, 0) is 105 Å². The molecule has 4 atom stereocenters. The summed E-state index contributed by atoms with van der Waals surface area (Å²) in [5.41, 5.74) is 1.61. The highest BCUT2D eigenvalue weighted by atomic mass is 32.3. The number of hydroxylamine groups is 2. The van der Waals surface area contributed by atoms with Crippen LogP contribution < -0.4 is 31.7 Å². The van der Waals surface area contributed by atoms with Gasteiger partial charge >= 0.3 is 22.5 Å². The molecule has 3 aliphatic rings. The van der Waals surface area contributed by atoms with Crippen molar-refractivity contribution >= 4 is 62.4 Å². The van der Waals surface area contributed by atoms with Crippen molar-refractivity contribution in [1.29, 1.82) is 0 Å². The number of aliphatic imine (C=N–C) groups is 1. The first-order chi connectivity index (χ1) is 28.3. The lowest BCUT2D eigenvalue weighted by atomic mass is 9.84. The summed E-state index contributed by atoms with van der Waals surface area (Å²) in [6.07, 6.45) is -0.228. The monoisotopic (exact) mass is 893 g/mol. The Morgan fingerprint density at radius 3 is 2.44 bits per heavy atom. The molecule has 7 N–H and O–H groups in total. The number of anilines is 1. The van der Waals surface area contributed by atoms with Crippen LogP contribution in [-0.4, -0.2) is 119 Å². The minimum absolute atomic E-state index is 0.00875. The number of aromatic nitrogens is 1. The highest BCUT2D eigenvalue weighted by Gasteiger charge is 2.58. The number of esters is 1. The van der Waals surface area contributed by atoms with E-state index in [4.69, 9.17) is 24.8 Å². The van der Waals surface area contributed by atoms with E-state index in [-0.39, 0.29) is 23.2 Å². The topological polar surface area (TPSA) is 284 Å². The molecule has 1 aromatic carbocycles. The van der Waals surface area contributed by atoms with Gasteiger partial charge in [-0.1, -0.05) is 17.3 Å². The summed E-state index contributed by atoms with van der Waals surface area (Å²) in [5.74, 6) is -1.54. The van der Waals surface area contributed by atoms with Crippen LogP contribution in [0.25, 0.3) is 0 Å². The second-order valence-electron chi connectivity index (χ2n) is 17.3. The van der Waals surface area contributed by atoms with E-state index < -0.39 is 74.5 Å². The molecule has 1 saturated heterocycles. The maximum atomic E-state index is 14.1. The predicted molar refractivity (Wildman–Crippen MR) is 223 cm³/mol. The molecule has 61 heavy (non-hydrogen) atoms. The molecule has 0 saturated carbocycles. The number of carbonyl (C=O) groups excluding carboxylic acids is 4. The van der Waals surface area contributed by atoms with E-state index in [9.17, 15) is 32.1 Å². The summed E-state index contributed by atoms with van der Waals surface area (Å²) in [6, 6.07) is 4.44. The maximum absolute atomic E-state index is 14.1. The minimum Gasteiger partial charge on any atom is -0.485 e. The van der Waals surface area contributed by atoms with Gasteiger partial charge < -0.3 is 40.7 Å². The van der Waals surface area contributed by atoms with Gasteiger partial charge in [0.2, 0.25) is 0 Å². The van der Waals surface area contributed by atoms with E-state index >= 15 is 0 Å². The van der Waals surface area contributed by atoms with Crippen molar-refractivity contribution < 1.29 is 55.5 Å².